The van der Waals surface area contributed by atoms with Crippen LogP contribution in [0.15, 0.2) is 78.9 Å². The molecule has 1 heterocycles. The van der Waals surface area contributed by atoms with Gasteiger partial charge in [0.25, 0.3) is 0 Å². The summed E-state index contributed by atoms with van der Waals surface area (Å²) >= 11 is 0. The van der Waals surface area contributed by atoms with Gasteiger partial charge in [-0.25, -0.2) is 4.79 Å². The third-order valence-electron chi connectivity index (χ3n) is 5.74. The average Bonchev–Trinajstić information content (AvgIpc) is 2.80. The minimum absolute atomic E-state index is 0.0473. The molecule has 34 heavy (non-hydrogen) atoms. The molecule has 7 heteroatoms. The van der Waals surface area contributed by atoms with E-state index in [1.54, 1.807) is 12.1 Å². The zero-order chi connectivity index (χ0) is 23.9. The molecule has 0 atom stereocenters. The number of carbonyl (C=O) groups excluding carboxylic acids is 1. The van der Waals surface area contributed by atoms with E-state index in [0.717, 1.165) is 43.2 Å². The van der Waals surface area contributed by atoms with E-state index in [9.17, 15) is 9.59 Å². The van der Waals surface area contributed by atoms with Crippen LogP contribution >= 0.6 is 0 Å². The highest BCUT2D eigenvalue weighted by Gasteiger charge is 2.27. The maximum Gasteiger partial charge on any atom is 0.335 e. The molecule has 0 bridgehead atoms. The van der Waals surface area contributed by atoms with Crippen molar-refractivity contribution in [1.82, 2.24) is 9.80 Å². The zero-order valence-corrected chi connectivity index (χ0v) is 19.2. The molecule has 0 radical (unpaired) electrons. The zero-order valence-electron chi connectivity index (χ0n) is 19.2. The number of nitrogens with zero attached hydrogens (tertiary/aromatic N) is 2. The van der Waals surface area contributed by atoms with Gasteiger partial charge in [-0.15, -0.1) is 0 Å². The summed E-state index contributed by atoms with van der Waals surface area (Å²) in [7, 11) is 1.96. The Labute approximate surface area is 199 Å². The molecule has 4 rings (SSSR count). The van der Waals surface area contributed by atoms with Crippen molar-refractivity contribution in [3.05, 3.63) is 90.0 Å². The Hall–Kier alpha value is -3.68. The van der Waals surface area contributed by atoms with Gasteiger partial charge in [-0.2, -0.15) is 0 Å². The van der Waals surface area contributed by atoms with Crippen molar-refractivity contribution in [3.8, 4) is 11.5 Å². The van der Waals surface area contributed by atoms with Crippen molar-refractivity contribution in [2.45, 2.75) is 6.54 Å². The number of carbonyl (C=O) groups is 2. The van der Waals surface area contributed by atoms with Crippen molar-refractivity contribution in [3.63, 3.8) is 0 Å². The predicted molar refractivity (Wildman–Crippen MR) is 131 cm³/mol. The molecule has 1 aliphatic rings. The van der Waals surface area contributed by atoms with Crippen LogP contribution in [0.25, 0.3) is 0 Å². The number of hydrogen-bond acceptors (Lipinski definition) is 5. The summed E-state index contributed by atoms with van der Waals surface area (Å²) < 4.78 is 5.78. The molecule has 1 fully saturated rings. The fourth-order valence-electron chi connectivity index (χ4n) is 4.11. The number of amides is 1. The highest BCUT2D eigenvalue weighted by atomic mass is 16.5. The van der Waals surface area contributed by atoms with Crippen LogP contribution < -0.4 is 10.1 Å². The van der Waals surface area contributed by atoms with Crippen molar-refractivity contribution >= 4 is 17.6 Å². The Morgan fingerprint density at radius 3 is 2.26 bits per heavy atom. The molecule has 1 amide bonds. The number of ether oxygens (including phenoxy) is 1. The molecule has 0 aliphatic carbocycles. The second-order valence-corrected chi connectivity index (χ2v) is 8.75. The van der Waals surface area contributed by atoms with Gasteiger partial charge in [-0.3, -0.25) is 14.6 Å². The Morgan fingerprint density at radius 1 is 0.971 bits per heavy atom. The van der Waals surface area contributed by atoms with E-state index in [-0.39, 0.29) is 5.91 Å². The van der Waals surface area contributed by atoms with Crippen LogP contribution in [0, 0.1) is 5.92 Å². The summed E-state index contributed by atoms with van der Waals surface area (Å²) in [5.41, 5.74) is 2.15. The Balaban J connectivity index is 1.15. The molecule has 0 unspecified atom stereocenters. The number of hydrogen-bond donors (Lipinski definition) is 2. The number of likely N-dealkylation sites (tertiary alicyclic amines) is 1. The second kappa shape index (κ2) is 11.0. The summed E-state index contributed by atoms with van der Waals surface area (Å²) in [5, 5.41) is 11.9. The van der Waals surface area contributed by atoms with Gasteiger partial charge in [0.1, 0.15) is 11.5 Å². The lowest BCUT2D eigenvalue weighted by Crippen LogP contribution is -2.50. The van der Waals surface area contributed by atoms with Crippen LogP contribution in [0.1, 0.15) is 15.9 Å². The first-order valence-electron chi connectivity index (χ1n) is 11.3. The number of carboxylic acids is 1. The minimum Gasteiger partial charge on any atom is -0.478 e. The van der Waals surface area contributed by atoms with E-state index in [4.69, 9.17) is 9.84 Å². The summed E-state index contributed by atoms with van der Waals surface area (Å²) in [6.07, 6.45) is 0. The third-order valence-corrected chi connectivity index (χ3v) is 5.74. The number of carboxylic acid groups (broad SMARTS) is 1. The first-order chi connectivity index (χ1) is 16.4. The Morgan fingerprint density at radius 2 is 1.62 bits per heavy atom. The van der Waals surface area contributed by atoms with Crippen LogP contribution in [-0.4, -0.2) is 60.0 Å². The topological polar surface area (TPSA) is 82.1 Å². The molecule has 3 aromatic rings. The number of benzene rings is 3. The largest absolute Gasteiger partial charge is 0.478 e. The predicted octanol–water partition coefficient (Wildman–Crippen LogP) is 4.18. The standard InChI is InChI=1S/C27H29N3O4/c1-29(15-21-17-30(18-21)16-20-7-9-22(10-8-20)27(32)33)19-26(31)28-23-11-13-25(14-12-23)34-24-5-3-2-4-6-24/h2-14,21H,15-19H2,1H3,(H,28,31)(H,32,33). The number of para-hydroxylation sites is 1. The molecule has 2 N–H and O–H groups in total. The van der Waals surface area contributed by atoms with Crippen LogP contribution in [-0.2, 0) is 11.3 Å². The van der Waals surface area contributed by atoms with E-state index in [2.05, 4.69) is 10.2 Å². The molecule has 7 nitrogen and oxygen atoms in total. The maximum atomic E-state index is 12.4. The smallest absolute Gasteiger partial charge is 0.335 e. The highest BCUT2D eigenvalue weighted by Crippen LogP contribution is 2.23. The van der Waals surface area contributed by atoms with Crippen molar-refractivity contribution in [2.75, 3.05) is 38.5 Å². The Kier molecular flexibility index (Phi) is 7.57. The van der Waals surface area contributed by atoms with Gasteiger partial charge >= 0.3 is 5.97 Å². The number of rotatable bonds is 10. The molecule has 0 saturated carbocycles. The van der Waals surface area contributed by atoms with Gasteiger partial charge in [0.05, 0.1) is 12.1 Å². The molecule has 1 aliphatic heterocycles. The van der Waals surface area contributed by atoms with Crippen molar-refractivity contribution < 1.29 is 19.4 Å². The molecular weight excluding hydrogens is 430 g/mol. The van der Waals surface area contributed by atoms with E-state index < -0.39 is 5.97 Å². The maximum absolute atomic E-state index is 12.4. The lowest BCUT2D eigenvalue weighted by molar-refractivity contribution is -0.117. The van der Waals surface area contributed by atoms with Gasteiger partial charge in [0.15, 0.2) is 0 Å². The van der Waals surface area contributed by atoms with Gasteiger partial charge in [-0.1, -0.05) is 30.3 Å². The van der Waals surface area contributed by atoms with Crippen molar-refractivity contribution in [1.29, 1.82) is 0 Å². The average molecular weight is 460 g/mol. The first kappa shape index (κ1) is 23.5. The second-order valence-electron chi connectivity index (χ2n) is 8.75. The normalized spacial score (nSPS) is 13.9. The van der Waals surface area contributed by atoms with E-state index in [1.165, 1.54) is 0 Å². The fraction of sp³-hybridized carbons (Fsp3) is 0.259. The fourth-order valence-corrected chi connectivity index (χ4v) is 4.11. The number of nitrogens with one attached hydrogen (secondary N) is 1. The minimum atomic E-state index is -0.906. The number of likely N-dealkylation sites (N-methyl/N-ethyl adjacent to an activating group) is 1. The highest BCUT2D eigenvalue weighted by molar-refractivity contribution is 5.92. The molecular formula is C27H29N3O4. The number of anilines is 1. The lowest BCUT2D eigenvalue weighted by atomic mass is 9.98. The molecule has 0 aromatic heterocycles. The lowest BCUT2D eigenvalue weighted by Gasteiger charge is -2.41. The van der Waals surface area contributed by atoms with Crippen LogP contribution in [0.3, 0.4) is 0 Å². The van der Waals surface area contributed by atoms with E-state index in [1.807, 2.05) is 78.7 Å². The molecule has 176 valence electrons. The van der Waals surface area contributed by atoms with Gasteiger partial charge in [-0.05, 0) is 67.1 Å². The van der Waals surface area contributed by atoms with Gasteiger partial charge in [0.2, 0.25) is 5.91 Å². The SMILES string of the molecule is CN(CC(=O)Nc1ccc(Oc2ccccc2)cc1)CC1CN(Cc2ccc(C(=O)O)cc2)C1. The van der Waals surface area contributed by atoms with E-state index >= 15 is 0 Å². The van der Waals surface area contributed by atoms with Gasteiger partial charge in [0, 0.05) is 31.9 Å². The van der Waals surface area contributed by atoms with Gasteiger partial charge < -0.3 is 15.2 Å². The monoisotopic (exact) mass is 459 g/mol. The van der Waals surface area contributed by atoms with Crippen LogP contribution in [0.4, 0.5) is 5.69 Å². The van der Waals surface area contributed by atoms with Crippen molar-refractivity contribution in [2.24, 2.45) is 5.92 Å². The summed E-state index contributed by atoms with van der Waals surface area (Å²) in [6, 6.07) is 23.9. The molecule has 3 aromatic carbocycles. The van der Waals surface area contributed by atoms with Crippen LogP contribution in [0.5, 0.6) is 11.5 Å². The Bertz CT molecular complexity index is 1090. The van der Waals surface area contributed by atoms with Crippen LogP contribution in [0.2, 0.25) is 0 Å². The third kappa shape index (κ3) is 6.66. The summed E-state index contributed by atoms with van der Waals surface area (Å²) in [4.78, 5) is 27.8. The molecule has 0 spiro atoms. The quantitative estimate of drug-likeness (QED) is 0.473. The number of aromatic carboxylic acids is 1. The first-order valence-corrected chi connectivity index (χ1v) is 11.3. The summed E-state index contributed by atoms with van der Waals surface area (Å²) in [6.45, 7) is 3.93. The van der Waals surface area contributed by atoms with E-state index in [0.29, 0.717) is 23.8 Å². The molecule has 1 saturated heterocycles. The summed E-state index contributed by atoms with van der Waals surface area (Å²) in [5.74, 6) is 1.05.